The van der Waals surface area contributed by atoms with Crippen LogP contribution in [0.5, 0.6) is 0 Å². The number of anilines is 1. The molecule has 1 aromatic rings. The zero-order valence-corrected chi connectivity index (χ0v) is 17.2. The highest BCUT2D eigenvalue weighted by molar-refractivity contribution is 5.92. The Morgan fingerprint density at radius 3 is 2.59 bits per heavy atom. The van der Waals surface area contributed by atoms with Gasteiger partial charge in [0, 0.05) is 36.9 Å². The SMILES string of the molecule is CCOC(=O)C1=C(OCC)CC(CC(C#N)=CNc2ccccc2)(OCC)C=C1. The fourth-order valence-electron chi connectivity index (χ4n) is 3.16. The lowest BCUT2D eigenvalue weighted by atomic mass is 9.85. The van der Waals surface area contributed by atoms with Gasteiger partial charge in [-0.15, -0.1) is 0 Å². The van der Waals surface area contributed by atoms with Crippen LogP contribution in [0.25, 0.3) is 0 Å². The number of rotatable bonds is 10. The van der Waals surface area contributed by atoms with Gasteiger partial charge in [-0.1, -0.05) is 24.3 Å². The van der Waals surface area contributed by atoms with Gasteiger partial charge < -0.3 is 19.5 Å². The van der Waals surface area contributed by atoms with Gasteiger partial charge >= 0.3 is 5.97 Å². The molecule has 29 heavy (non-hydrogen) atoms. The second-order valence-corrected chi connectivity index (χ2v) is 6.47. The Hall–Kier alpha value is -3.04. The van der Waals surface area contributed by atoms with Crippen LogP contribution in [-0.4, -0.2) is 31.4 Å². The Labute approximate surface area is 172 Å². The number of hydrogen-bond donors (Lipinski definition) is 1. The van der Waals surface area contributed by atoms with Crippen molar-refractivity contribution in [1.29, 1.82) is 5.26 Å². The van der Waals surface area contributed by atoms with Crippen molar-refractivity contribution in [2.24, 2.45) is 0 Å². The molecule has 6 heteroatoms. The molecule has 1 unspecified atom stereocenters. The molecule has 1 atom stereocenters. The van der Waals surface area contributed by atoms with Crippen LogP contribution >= 0.6 is 0 Å². The number of nitriles is 1. The molecule has 6 nitrogen and oxygen atoms in total. The first-order chi connectivity index (χ1) is 14.1. The monoisotopic (exact) mass is 396 g/mol. The van der Waals surface area contributed by atoms with E-state index >= 15 is 0 Å². The first kappa shape index (κ1) is 22.3. The van der Waals surface area contributed by atoms with E-state index in [0.717, 1.165) is 5.69 Å². The summed E-state index contributed by atoms with van der Waals surface area (Å²) in [5.74, 6) is 0.106. The van der Waals surface area contributed by atoms with Crippen LogP contribution in [0.15, 0.2) is 65.6 Å². The lowest BCUT2D eigenvalue weighted by Crippen LogP contribution is -2.35. The molecular formula is C23H28N2O4. The van der Waals surface area contributed by atoms with E-state index in [1.807, 2.05) is 50.3 Å². The number of carbonyl (C=O) groups excluding carboxylic acids is 1. The number of ether oxygens (including phenoxy) is 3. The van der Waals surface area contributed by atoms with Crippen molar-refractivity contribution in [3.8, 4) is 6.07 Å². The molecule has 0 aliphatic heterocycles. The first-order valence-electron chi connectivity index (χ1n) is 9.84. The average Bonchev–Trinajstić information content (AvgIpc) is 2.72. The minimum atomic E-state index is -0.769. The van der Waals surface area contributed by atoms with Crippen LogP contribution < -0.4 is 5.32 Å². The van der Waals surface area contributed by atoms with Crippen molar-refractivity contribution >= 4 is 11.7 Å². The maximum atomic E-state index is 12.3. The third-order valence-corrected chi connectivity index (χ3v) is 4.38. The molecule has 1 N–H and O–H groups in total. The van der Waals surface area contributed by atoms with Crippen molar-refractivity contribution in [3.05, 3.63) is 65.6 Å². The third kappa shape index (κ3) is 6.23. The summed E-state index contributed by atoms with van der Waals surface area (Å²) in [6.45, 7) is 6.70. The Bertz CT molecular complexity index is 821. The lowest BCUT2D eigenvalue weighted by molar-refractivity contribution is -0.138. The molecular weight excluding hydrogens is 368 g/mol. The molecule has 0 saturated carbocycles. The third-order valence-electron chi connectivity index (χ3n) is 4.38. The molecule has 154 valence electrons. The van der Waals surface area contributed by atoms with Crippen LogP contribution in [0, 0.1) is 11.3 Å². The molecule has 1 aliphatic carbocycles. The Balaban J connectivity index is 2.25. The molecule has 0 aromatic heterocycles. The minimum Gasteiger partial charge on any atom is -0.497 e. The van der Waals surface area contributed by atoms with Crippen molar-refractivity contribution in [2.75, 3.05) is 25.1 Å². The van der Waals surface area contributed by atoms with Crippen molar-refractivity contribution in [3.63, 3.8) is 0 Å². The second kappa shape index (κ2) is 11.1. The van der Waals surface area contributed by atoms with Gasteiger partial charge in [-0.25, -0.2) is 4.79 Å². The zero-order valence-electron chi connectivity index (χ0n) is 17.2. The zero-order chi connectivity index (χ0) is 21.1. The summed E-state index contributed by atoms with van der Waals surface area (Å²) in [6, 6.07) is 11.9. The number of nitrogens with zero attached hydrogens (tertiary/aromatic N) is 1. The number of para-hydroxylation sites is 1. The topological polar surface area (TPSA) is 80.6 Å². The summed E-state index contributed by atoms with van der Waals surface area (Å²) >= 11 is 0. The molecule has 2 rings (SSSR count). The fourth-order valence-corrected chi connectivity index (χ4v) is 3.16. The smallest absolute Gasteiger partial charge is 0.341 e. The van der Waals surface area contributed by atoms with Crippen molar-refractivity contribution < 1.29 is 19.0 Å². The van der Waals surface area contributed by atoms with E-state index in [9.17, 15) is 10.1 Å². The summed E-state index contributed by atoms with van der Waals surface area (Å²) in [7, 11) is 0. The fraction of sp³-hybridized carbons (Fsp3) is 0.391. The van der Waals surface area contributed by atoms with Crippen molar-refractivity contribution in [2.45, 2.75) is 39.2 Å². The van der Waals surface area contributed by atoms with E-state index in [1.165, 1.54) is 0 Å². The van der Waals surface area contributed by atoms with Crippen LogP contribution in [0.3, 0.4) is 0 Å². The Morgan fingerprint density at radius 2 is 1.97 bits per heavy atom. The van der Waals surface area contributed by atoms with Gasteiger partial charge in [-0.3, -0.25) is 0 Å². The molecule has 0 heterocycles. The normalized spacial score (nSPS) is 18.9. The van der Waals surface area contributed by atoms with Gasteiger partial charge in [0.1, 0.15) is 5.76 Å². The molecule has 0 amide bonds. The van der Waals surface area contributed by atoms with Gasteiger partial charge in [0.25, 0.3) is 0 Å². The number of benzene rings is 1. The van der Waals surface area contributed by atoms with E-state index in [1.54, 1.807) is 19.2 Å². The van der Waals surface area contributed by atoms with Gasteiger partial charge in [0.2, 0.25) is 0 Å². The Morgan fingerprint density at radius 1 is 1.21 bits per heavy atom. The molecule has 1 aliphatic rings. The summed E-state index contributed by atoms with van der Waals surface area (Å²) in [4.78, 5) is 12.3. The van der Waals surface area contributed by atoms with E-state index in [2.05, 4.69) is 11.4 Å². The number of esters is 1. The first-order valence-corrected chi connectivity index (χ1v) is 9.84. The van der Waals surface area contributed by atoms with Gasteiger partial charge in [0.15, 0.2) is 0 Å². The molecule has 0 fully saturated rings. The summed E-state index contributed by atoms with van der Waals surface area (Å²) in [6.07, 6.45) is 5.90. The molecule has 0 saturated heterocycles. The predicted molar refractivity (Wildman–Crippen MR) is 112 cm³/mol. The van der Waals surface area contributed by atoms with Gasteiger partial charge in [-0.2, -0.15) is 5.26 Å². The number of hydrogen-bond acceptors (Lipinski definition) is 6. The molecule has 0 bridgehead atoms. The van der Waals surface area contributed by atoms with Crippen molar-refractivity contribution in [1.82, 2.24) is 0 Å². The van der Waals surface area contributed by atoms with E-state index in [4.69, 9.17) is 14.2 Å². The maximum absolute atomic E-state index is 12.3. The lowest BCUT2D eigenvalue weighted by Gasteiger charge is -2.34. The van der Waals surface area contributed by atoms with Gasteiger partial charge in [-0.05, 0) is 39.0 Å². The van der Waals surface area contributed by atoms with E-state index < -0.39 is 11.6 Å². The molecule has 0 radical (unpaired) electrons. The van der Waals surface area contributed by atoms with Crippen LogP contribution in [-0.2, 0) is 19.0 Å². The summed E-state index contributed by atoms with van der Waals surface area (Å²) < 4.78 is 16.9. The average molecular weight is 396 g/mol. The standard InChI is InChI=1S/C23H28N2O4/c1-4-27-21-15-23(29-6-3,13-12-20(21)22(26)28-5-2)14-18(16-24)17-25-19-10-8-7-9-11-19/h7-13,17,25H,4-6,14-15H2,1-3H3. The second-order valence-electron chi connectivity index (χ2n) is 6.47. The highest BCUT2D eigenvalue weighted by atomic mass is 16.5. The molecule has 0 spiro atoms. The van der Waals surface area contributed by atoms with Crippen LogP contribution in [0.4, 0.5) is 5.69 Å². The number of nitrogens with one attached hydrogen (secondary N) is 1. The summed E-state index contributed by atoms with van der Waals surface area (Å²) in [5, 5.41) is 12.8. The minimum absolute atomic E-state index is 0.290. The molecule has 1 aromatic carbocycles. The van der Waals surface area contributed by atoms with Gasteiger partial charge in [0.05, 0.1) is 30.5 Å². The maximum Gasteiger partial charge on any atom is 0.341 e. The van der Waals surface area contributed by atoms with E-state index in [0.29, 0.717) is 49.6 Å². The number of carbonyl (C=O) groups is 1. The highest BCUT2D eigenvalue weighted by Crippen LogP contribution is 2.36. The quantitative estimate of drug-likeness (QED) is 0.464. The largest absolute Gasteiger partial charge is 0.497 e. The highest BCUT2D eigenvalue weighted by Gasteiger charge is 2.36. The van der Waals surface area contributed by atoms with E-state index in [-0.39, 0.29) is 0 Å². The predicted octanol–water partition coefficient (Wildman–Crippen LogP) is 4.48. The van der Waals surface area contributed by atoms with Crippen LogP contribution in [0.2, 0.25) is 0 Å². The Kier molecular flexibility index (Phi) is 8.50. The van der Waals surface area contributed by atoms with Crippen LogP contribution in [0.1, 0.15) is 33.6 Å². The summed E-state index contributed by atoms with van der Waals surface area (Å²) in [5.41, 5.74) is 1.05.